The average molecular weight is 252 g/mol. The number of likely N-dealkylation sites (tertiary alicyclic amines) is 1. The molecule has 0 aliphatic carbocycles. The second kappa shape index (κ2) is 7.72. The van der Waals surface area contributed by atoms with E-state index in [0.29, 0.717) is 0 Å². The second-order valence-electron chi connectivity index (χ2n) is 4.54. The molecule has 1 saturated heterocycles. The Morgan fingerprint density at radius 1 is 1.17 bits per heavy atom. The summed E-state index contributed by atoms with van der Waals surface area (Å²) in [6.45, 7) is 1.64. The van der Waals surface area contributed by atoms with Crippen LogP contribution in [-0.2, 0) is 9.59 Å². The highest BCUT2D eigenvalue weighted by Gasteiger charge is 2.19. The number of aliphatic carboxylic acids is 1. The largest absolute Gasteiger partial charge is 0.480 e. The van der Waals surface area contributed by atoms with E-state index < -0.39 is 5.97 Å². The molecule has 0 saturated carbocycles. The number of nitrogens with zero attached hydrogens (tertiary/aromatic N) is 2. The lowest BCUT2D eigenvalue weighted by Crippen LogP contribution is -2.42. The van der Waals surface area contributed by atoms with E-state index in [1.165, 1.54) is 4.90 Å². The maximum Gasteiger partial charge on any atom is 0.317 e. The Morgan fingerprint density at radius 3 is 2.28 bits per heavy atom. The third-order valence-electron chi connectivity index (χ3n) is 2.99. The van der Waals surface area contributed by atoms with Crippen molar-refractivity contribution in [1.82, 2.24) is 9.80 Å². The molecule has 1 aliphatic heterocycles. The number of hydrogen-bond acceptors (Lipinski definition) is 3. The summed E-state index contributed by atoms with van der Waals surface area (Å²) >= 11 is 0. The molecule has 0 unspecified atom stereocenters. The van der Waals surface area contributed by atoms with E-state index in [1.807, 2.05) is 4.90 Å². The summed E-state index contributed by atoms with van der Waals surface area (Å²) in [5.74, 6) is 1.40. The first kappa shape index (κ1) is 14.5. The first-order valence-electron chi connectivity index (χ1n) is 6.29. The summed E-state index contributed by atoms with van der Waals surface area (Å²) in [4.78, 5) is 26.0. The van der Waals surface area contributed by atoms with Gasteiger partial charge in [0.2, 0.25) is 5.91 Å². The third-order valence-corrected chi connectivity index (χ3v) is 2.99. The van der Waals surface area contributed by atoms with Crippen molar-refractivity contribution in [3.63, 3.8) is 0 Å². The van der Waals surface area contributed by atoms with Crippen LogP contribution in [0.15, 0.2) is 0 Å². The molecule has 1 N–H and O–H groups in total. The van der Waals surface area contributed by atoms with Crippen molar-refractivity contribution in [3.8, 4) is 12.3 Å². The molecule has 0 radical (unpaired) electrons. The van der Waals surface area contributed by atoms with Crippen molar-refractivity contribution in [2.24, 2.45) is 0 Å². The molecule has 0 spiro atoms. The van der Waals surface area contributed by atoms with Crippen molar-refractivity contribution >= 4 is 11.9 Å². The van der Waals surface area contributed by atoms with Crippen molar-refractivity contribution in [1.29, 1.82) is 0 Å². The Labute approximate surface area is 108 Å². The maximum atomic E-state index is 12.0. The van der Waals surface area contributed by atoms with Crippen molar-refractivity contribution in [2.45, 2.75) is 25.7 Å². The molecule has 1 heterocycles. The predicted octanol–water partition coefficient (Wildman–Crippen LogP) is 0.409. The van der Waals surface area contributed by atoms with Gasteiger partial charge >= 0.3 is 5.97 Å². The van der Waals surface area contributed by atoms with Crippen LogP contribution in [0.25, 0.3) is 0 Å². The standard InChI is InChI=1S/C13H20N2O3/c1-2-7-14(11-13(17)18)10-12(16)15-8-5-3-4-6-9-15/h1H,3-11H2,(H,17,18). The molecule has 1 fully saturated rings. The summed E-state index contributed by atoms with van der Waals surface area (Å²) in [7, 11) is 0. The minimum Gasteiger partial charge on any atom is -0.480 e. The SMILES string of the molecule is C#CCN(CC(=O)O)CC(=O)N1CCCCCC1. The van der Waals surface area contributed by atoms with Crippen LogP contribution in [-0.4, -0.2) is 59.5 Å². The molecule has 0 aromatic carbocycles. The van der Waals surface area contributed by atoms with Gasteiger partial charge in [-0.1, -0.05) is 18.8 Å². The molecular weight excluding hydrogens is 232 g/mol. The quantitative estimate of drug-likeness (QED) is 0.720. The van der Waals surface area contributed by atoms with E-state index in [9.17, 15) is 9.59 Å². The molecule has 1 amide bonds. The van der Waals surface area contributed by atoms with Gasteiger partial charge < -0.3 is 10.0 Å². The maximum absolute atomic E-state index is 12.0. The Morgan fingerprint density at radius 2 is 1.78 bits per heavy atom. The summed E-state index contributed by atoms with van der Waals surface area (Å²) in [5.41, 5.74) is 0. The number of carboxylic acids is 1. The molecule has 0 aromatic rings. The van der Waals surface area contributed by atoms with Crippen LogP contribution in [0, 0.1) is 12.3 Å². The topological polar surface area (TPSA) is 60.9 Å². The lowest BCUT2D eigenvalue weighted by molar-refractivity contribution is -0.139. The molecule has 0 bridgehead atoms. The fourth-order valence-electron chi connectivity index (χ4n) is 2.10. The first-order valence-corrected chi connectivity index (χ1v) is 6.29. The fourth-order valence-corrected chi connectivity index (χ4v) is 2.10. The molecule has 1 aliphatic rings. The van der Waals surface area contributed by atoms with Gasteiger partial charge in [0, 0.05) is 13.1 Å². The van der Waals surface area contributed by atoms with E-state index in [0.717, 1.165) is 38.8 Å². The van der Waals surface area contributed by atoms with Crippen LogP contribution in [0.2, 0.25) is 0 Å². The Kier molecular flexibility index (Phi) is 6.23. The van der Waals surface area contributed by atoms with Gasteiger partial charge in [0.15, 0.2) is 0 Å². The van der Waals surface area contributed by atoms with Gasteiger partial charge in [-0.3, -0.25) is 14.5 Å². The molecule has 0 aromatic heterocycles. The predicted molar refractivity (Wildman–Crippen MR) is 68.0 cm³/mol. The number of amides is 1. The van der Waals surface area contributed by atoms with E-state index >= 15 is 0 Å². The zero-order valence-corrected chi connectivity index (χ0v) is 10.6. The van der Waals surface area contributed by atoms with Crippen molar-refractivity contribution < 1.29 is 14.7 Å². The number of rotatable bonds is 5. The van der Waals surface area contributed by atoms with Crippen molar-refractivity contribution in [3.05, 3.63) is 0 Å². The summed E-state index contributed by atoms with van der Waals surface area (Å²) in [6.07, 6.45) is 9.55. The number of carbonyl (C=O) groups excluding carboxylic acids is 1. The van der Waals surface area contributed by atoms with Gasteiger partial charge in [-0.15, -0.1) is 6.42 Å². The van der Waals surface area contributed by atoms with Gasteiger partial charge in [-0.2, -0.15) is 0 Å². The lowest BCUT2D eigenvalue weighted by atomic mass is 10.2. The number of carboxylic acid groups (broad SMARTS) is 1. The molecule has 18 heavy (non-hydrogen) atoms. The zero-order chi connectivity index (χ0) is 13.4. The molecular formula is C13H20N2O3. The van der Waals surface area contributed by atoms with E-state index in [-0.39, 0.29) is 25.5 Å². The monoisotopic (exact) mass is 252 g/mol. The smallest absolute Gasteiger partial charge is 0.317 e. The van der Waals surface area contributed by atoms with Gasteiger partial charge in [-0.05, 0) is 12.8 Å². The van der Waals surface area contributed by atoms with Gasteiger partial charge in [-0.25, -0.2) is 0 Å². The van der Waals surface area contributed by atoms with E-state index in [2.05, 4.69) is 5.92 Å². The average Bonchev–Trinajstić information content (AvgIpc) is 2.56. The van der Waals surface area contributed by atoms with E-state index in [4.69, 9.17) is 11.5 Å². The normalized spacial score (nSPS) is 16.1. The van der Waals surface area contributed by atoms with Crippen LogP contribution in [0.5, 0.6) is 0 Å². The van der Waals surface area contributed by atoms with Crippen molar-refractivity contribution in [2.75, 3.05) is 32.7 Å². The highest BCUT2D eigenvalue weighted by Crippen LogP contribution is 2.10. The zero-order valence-electron chi connectivity index (χ0n) is 10.6. The summed E-state index contributed by atoms with van der Waals surface area (Å²) in [6, 6.07) is 0. The lowest BCUT2D eigenvalue weighted by Gasteiger charge is -2.24. The Hall–Kier alpha value is -1.54. The highest BCUT2D eigenvalue weighted by molar-refractivity contribution is 5.79. The van der Waals surface area contributed by atoms with Crippen LogP contribution in [0.3, 0.4) is 0 Å². The number of carbonyl (C=O) groups is 2. The first-order chi connectivity index (χ1) is 8.63. The van der Waals surface area contributed by atoms with Crippen LogP contribution >= 0.6 is 0 Å². The second-order valence-corrected chi connectivity index (χ2v) is 4.54. The Balaban J connectivity index is 2.48. The van der Waals surface area contributed by atoms with Crippen LogP contribution < -0.4 is 0 Å². The van der Waals surface area contributed by atoms with E-state index in [1.54, 1.807) is 0 Å². The summed E-state index contributed by atoms with van der Waals surface area (Å²) < 4.78 is 0. The van der Waals surface area contributed by atoms with Crippen LogP contribution in [0.1, 0.15) is 25.7 Å². The van der Waals surface area contributed by atoms with Gasteiger partial charge in [0.05, 0.1) is 19.6 Å². The number of hydrogen-bond donors (Lipinski definition) is 1. The third kappa shape index (κ3) is 5.19. The highest BCUT2D eigenvalue weighted by atomic mass is 16.4. The fraction of sp³-hybridized carbons (Fsp3) is 0.692. The molecule has 5 heteroatoms. The summed E-state index contributed by atoms with van der Waals surface area (Å²) in [5, 5.41) is 8.74. The van der Waals surface area contributed by atoms with Gasteiger partial charge in [0.25, 0.3) is 0 Å². The number of terminal acetylenes is 1. The Bertz CT molecular complexity index is 328. The minimum atomic E-state index is -0.964. The van der Waals surface area contributed by atoms with Crippen LogP contribution in [0.4, 0.5) is 0 Å². The molecule has 100 valence electrons. The molecule has 0 atom stereocenters. The molecule has 1 rings (SSSR count). The van der Waals surface area contributed by atoms with Gasteiger partial charge in [0.1, 0.15) is 0 Å². The minimum absolute atomic E-state index is 0.0200. The molecule has 5 nitrogen and oxygen atoms in total.